The minimum absolute atomic E-state index is 0.0939. The van der Waals surface area contributed by atoms with Gasteiger partial charge in [-0.15, -0.1) is 0 Å². The first-order valence-electron chi connectivity index (χ1n) is 10.3. The maximum Gasteiger partial charge on any atom is 0.405 e. The number of benzene rings is 1. The average Bonchev–Trinajstić information content (AvgIpc) is 2.74. The maximum absolute atomic E-state index is 13.1. The van der Waals surface area contributed by atoms with Crippen LogP contribution in [0.4, 0.5) is 4.79 Å². The van der Waals surface area contributed by atoms with Gasteiger partial charge in [0.1, 0.15) is 6.04 Å². The van der Waals surface area contributed by atoms with Crippen LogP contribution >= 0.6 is 11.6 Å². The molecule has 29 heavy (non-hydrogen) atoms. The van der Waals surface area contributed by atoms with Crippen molar-refractivity contribution in [3.05, 3.63) is 34.9 Å². The van der Waals surface area contributed by atoms with Gasteiger partial charge in [0.05, 0.1) is 6.61 Å². The molecule has 160 valence electrons. The molecule has 2 heterocycles. The summed E-state index contributed by atoms with van der Waals surface area (Å²) in [5.74, 6) is -0.215. The molecule has 2 aliphatic heterocycles. The maximum atomic E-state index is 13.1. The monoisotopic (exact) mass is 423 g/mol. The predicted octanol–water partition coefficient (Wildman–Crippen LogP) is 2.36. The van der Waals surface area contributed by atoms with Crippen LogP contribution in [0.2, 0.25) is 5.02 Å². The third-order valence-corrected chi connectivity index (χ3v) is 6.53. The third-order valence-electron chi connectivity index (χ3n) is 6.28. The molecule has 8 heteroatoms. The lowest BCUT2D eigenvalue weighted by molar-refractivity contribution is -0.137. The molecule has 0 aromatic heterocycles. The van der Waals surface area contributed by atoms with E-state index in [2.05, 4.69) is 10.2 Å². The van der Waals surface area contributed by atoms with E-state index in [0.717, 1.165) is 31.5 Å². The number of halogens is 1. The van der Waals surface area contributed by atoms with Crippen LogP contribution in [-0.2, 0) is 11.2 Å². The molecule has 3 N–H and O–H groups in total. The molecule has 2 fully saturated rings. The molecular weight excluding hydrogens is 394 g/mol. The summed E-state index contributed by atoms with van der Waals surface area (Å²) in [5.41, 5.74) is 0.583. The van der Waals surface area contributed by atoms with Crippen LogP contribution in [0.15, 0.2) is 24.3 Å². The third kappa shape index (κ3) is 5.41. The van der Waals surface area contributed by atoms with Crippen molar-refractivity contribution in [2.45, 2.75) is 50.1 Å². The summed E-state index contributed by atoms with van der Waals surface area (Å²) in [7, 11) is 0. The van der Waals surface area contributed by atoms with E-state index in [-0.39, 0.29) is 24.5 Å². The van der Waals surface area contributed by atoms with Gasteiger partial charge in [0.15, 0.2) is 0 Å². The Kier molecular flexibility index (Phi) is 7.38. The van der Waals surface area contributed by atoms with Crippen molar-refractivity contribution in [1.82, 2.24) is 15.1 Å². The molecular formula is C21H30ClN3O4. The van der Waals surface area contributed by atoms with Crippen LogP contribution in [0.5, 0.6) is 0 Å². The molecule has 0 aliphatic carbocycles. The van der Waals surface area contributed by atoms with Crippen LogP contribution in [-0.4, -0.2) is 76.4 Å². The van der Waals surface area contributed by atoms with Gasteiger partial charge in [-0.2, -0.15) is 0 Å². The Labute approximate surface area is 176 Å². The van der Waals surface area contributed by atoms with Crippen LogP contribution < -0.4 is 5.32 Å². The Balaban J connectivity index is 1.65. The van der Waals surface area contributed by atoms with Gasteiger partial charge < -0.3 is 20.4 Å². The van der Waals surface area contributed by atoms with Crippen molar-refractivity contribution in [3.63, 3.8) is 0 Å². The van der Waals surface area contributed by atoms with Gasteiger partial charge in [-0.25, -0.2) is 4.79 Å². The highest BCUT2D eigenvalue weighted by atomic mass is 35.5. The summed E-state index contributed by atoms with van der Waals surface area (Å²) in [6, 6.07) is 6.22. The molecule has 0 bridgehead atoms. The Hall–Kier alpha value is -1.83. The molecule has 2 aliphatic rings. The number of carboxylic acid groups (broad SMARTS) is 1. The smallest absolute Gasteiger partial charge is 0.405 e. The Morgan fingerprint density at radius 1 is 1.07 bits per heavy atom. The fourth-order valence-electron chi connectivity index (χ4n) is 4.51. The number of rotatable bonds is 6. The van der Waals surface area contributed by atoms with Gasteiger partial charge >= 0.3 is 6.09 Å². The number of nitrogens with zero attached hydrogens (tertiary/aromatic N) is 2. The second kappa shape index (κ2) is 9.78. The average molecular weight is 424 g/mol. The summed E-state index contributed by atoms with van der Waals surface area (Å²) >= 11 is 5.91. The fourth-order valence-corrected chi connectivity index (χ4v) is 4.64. The van der Waals surface area contributed by atoms with E-state index in [9.17, 15) is 19.8 Å². The summed E-state index contributed by atoms with van der Waals surface area (Å²) in [6.45, 7) is 3.13. The zero-order chi connectivity index (χ0) is 20.9. The summed E-state index contributed by atoms with van der Waals surface area (Å²) in [4.78, 5) is 28.5. The van der Waals surface area contributed by atoms with Crippen molar-refractivity contribution in [3.8, 4) is 0 Å². The minimum atomic E-state index is -1.22. The highest BCUT2D eigenvalue weighted by molar-refractivity contribution is 6.30. The van der Waals surface area contributed by atoms with Crippen LogP contribution in [0.25, 0.3) is 0 Å². The number of amides is 2. The van der Waals surface area contributed by atoms with Crippen LogP contribution in [0.1, 0.15) is 37.7 Å². The van der Waals surface area contributed by atoms with Crippen molar-refractivity contribution >= 4 is 23.6 Å². The molecule has 0 radical (unpaired) electrons. The fraction of sp³-hybridized carbons (Fsp3) is 0.619. The molecule has 2 saturated heterocycles. The van der Waals surface area contributed by atoms with Crippen LogP contribution in [0.3, 0.4) is 0 Å². The molecule has 3 rings (SSSR count). The Morgan fingerprint density at radius 3 is 2.24 bits per heavy atom. The van der Waals surface area contributed by atoms with Gasteiger partial charge in [-0.05, 0) is 56.5 Å². The van der Waals surface area contributed by atoms with E-state index in [0.29, 0.717) is 31.0 Å². The second-order valence-corrected chi connectivity index (χ2v) is 8.52. The van der Waals surface area contributed by atoms with Crippen molar-refractivity contribution < 1.29 is 19.8 Å². The molecule has 7 nitrogen and oxygen atoms in total. The Morgan fingerprint density at radius 2 is 1.69 bits per heavy atom. The Bertz CT molecular complexity index is 698. The van der Waals surface area contributed by atoms with E-state index in [1.54, 1.807) is 29.2 Å². The topological polar surface area (TPSA) is 93.1 Å². The van der Waals surface area contributed by atoms with Gasteiger partial charge in [-0.1, -0.05) is 30.2 Å². The number of carbonyl (C=O) groups is 2. The van der Waals surface area contributed by atoms with Gasteiger partial charge in [0.25, 0.3) is 0 Å². The highest BCUT2D eigenvalue weighted by Gasteiger charge is 2.41. The predicted molar refractivity (Wildman–Crippen MR) is 111 cm³/mol. The number of aliphatic hydroxyl groups is 1. The van der Waals surface area contributed by atoms with E-state index in [1.807, 2.05) is 0 Å². The van der Waals surface area contributed by atoms with Crippen molar-refractivity contribution in [1.29, 1.82) is 0 Å². The quantitative estimate of drug-likeness (QED) is 0.653. The molecule has 1 aromatic rings. The SMILES string of the molecule is O=C(O)N[C@H](Cc1ccc(Cl)cc1)C(=O)N1CCC(CO)(N2CCCCC2)CC1. The number of likely N-dealkylation sites (tertiary alicyclic amines) is 2. The summed E-state index contributed by atoms with van der Waals surface area (Å²) in [6.07, 6.45) is 4.00. The lowest BCUT2D eigenvalue weighted by Crippen LogP contribution is -2.61. The minimum Gasteiger partial charge on any atom is -0.465 e. The van der Waals surface area contributed by atoms with E-state index < -0.39 is 12.1 Å². The van der Waals surface area contributed by atoms with Crippen molar-refractivity contribution in [2.75, 3.05) is 32.8 Å². The lowest BCUT2D eigenvalue weighted by atomic mass is 9.84. The number of aliphatic hydroxyl groups excluding tert-OH is 1. The van der Waals surface area contributed by atoms with Crippen LogP contribution in [0, 0.1) is 0 Å². The largest absolute Gasteiger partial charge is 0.465 e. The molecule has 0 saturated carbocycles. The molecule has 0 spiro atoms. The first-order chi connectivity index (χ1) is 13.9. The number of carbonyl (C=O) groups excluding carboxylic acids is 1. The second-order valence-electron chi connectivity index (χ2n) is 8.09. The van der Waals surface area contributed by atoms with Gasteiger partial charge in [0.2, 0.25) is 5.91 Å². The molecule has 2 amide bonds. The number of piperidine rings is 2. The zero-order valence-corrected chi connectivity index (χ0v) is 17.4. The van der Waals surface area contributed by atoms with Gasteiger partial charge in [-0.3, -0.25) is 9.69 Å². The molecule has 0 unspecified atom stereocenters. The number of hydrogen-bond acceptors (Lipinski definition) is 4. The van der Waals surface area contributed by atoms with E-state index in [4.69, 9.17) is 11.6 Å². The molecule has 1 aromatic carbocycles. The van der Waals surface area contributed by atoms with E-state index >= 15 is 0 Å². The molecule has 1 atom stereocenters. The van der Waals surface area contributed by atoms with Gasteiger partial charge in [0, 0.05) is 30.1 Å². The highest BCUT2D eigenvalue weighted by Crippen LogP contribution is 2.31. The standard InChI is InChI=1S/C21H30ClN3O4/c22-17-6-4-16(5-7-17)14-18(23-20(28)29)19(27)24-12-8-21(15-26,9-13-24)25-10-2-1-3-11-25/h4-7,18,23,26H,1-3,8-15H2,(H,28,29)/t18-/m1/s1. The zero-order valence-electron chi connectivity index (χ0n) is 16.6. The first kappa shape index (κ1) is 21.9. The van der Waals surface area contributed by atoms with Crippen molar-refractivity contribution in [2.24, 2.45) is 0 Å². The summed E-state index contributed by atoms with van der Waals surface area (Å²) in [5, 5.41) is 22.3. The lowest BCUT2D eigenvalue weighted by Gasteiger charge is -2.49. The van der Waals surface area contributed by atoms with E-state index in [1.165, 1.54) is 6.42 Å². The normalized spacial score (nSPS) is 20.8. The number of nitrogens with one attached hydrogen (secondary N) is 1. The summed E-state index contributed by atoms with van der Waals surface area (Å²) < 4.78 is 0. The first-order valence-corrected chi connectivity index (χ1v) is 10.7. The number of hydrogen-bond donors (Lipinski definition) is 3.